The fourth-order valence-electron chi connectivity index (χ4n) is 2.63. The topological polar surface area (TPSA) is 72.5 Å². The number of imidazole rings is 2. The van der Waals surface area contributed by atoms with Gasteiger partial charge in [0.1, 0.15) is 5.82 Å². The van der Waals surface area contributed by atoms with E-state index in [0.717, 1.165) is 22.6 Å². The first-order valence-corrected chi connectivity index (χ1v) is 7.35. The Morgan fingerprint density at radius 2 is 2.19 bits per heavy atom. The van der Waals surface area contributed by atoms with Crippen molar-refractivity contribution in [1.29, 1.82) is 0 Å². The molecule has 3 N–H and O–H groups in total. The average Bonchev–Trinajstić information content (AvgIpc) is 3.05. The predicted octanol–water partition coefficient (Wildman–Crippen LogP) is 3.24. The Hall–Kier alpha value is -1.85. The maximum Gasteiger partial charge on any atom is 0.127 e. The molecule has 0 amide bonds. The molecule has 1 atom stereocenters. The molecule has 0 spiro atoms. The second-order valence-electron chi connectivity index (χ2n) is 5.43. The van der Waals surface area contributed by atoms with Crippen LogP contribution in [0.25, 0.3) is 11.0 Å². The lowest BCUT2D eigenvalue weighted by atomic mass is 10.1. The van der Waals surface area contributed by atoms with Gasteiger partial charge in [0.05, 0.1) is 28.4 Å². The van der Waals surface area contributed by atoms with Crippen molar-refractivity contribution in [3.05, 3.63) is 47.3 Å². The van der Waals surface area contributed by atoms with Crippen LogP contribution in [0.2, 0.25) is 5.02 Å². The number of benzene rings is 1. The van der Waals surface area contributed by atoms with Crippen molar-refractivity contribution in [1.82, 2.24) is 19.5 Å². The molecular weight excluding hydrogens is 286 g/mol. The molecular formula is C15H18ClN5. The molecule has 3 aromatic rings. The second-order valence-corrected chi connectivity index (χ2v) is 5.84. The van der Waals surface area contributed by atoms with E-state index in [1.807, 2.05) is 18.2 Å². The summed E-state index contributed by atoms with van der Waals surface area (Å²) >= 11 is 6.35. The van der Waals surface area contributed by atoms with Crippen LogP contribution in [-0.4, -0.2) is 19.5 Å². The van der Waals surface area contributed by atoms with E-state index in [-0.39, 0.29) is 12.1 Å². The maximum atomic E-state index is 6.36. The summed E-state index contributed by atoms with van der Waals surface area (Å²) < 4.78 is 2.12. The van der Waals surface area contributed by atoms with Crippen LogP contribution in [0.3, 0.4) is 0 Å². The summed E-state index contributed by atoms with van der Waals surface area (Å²) in [6.07, 6.45) is 4.10. The zero-order valence-electron chi connectivity index (χ0n) is 12.0. The monoisotopic (exact) mass is 303 g/mol. The van der Waals surface area contributed by atoms with Crippen molar-refractivity contribution in [2.45, 2.75) is 32.4 Å². The molecule has 0 aliphatic rings. The van der Waals surface area contributed by atoms with Gasteiger partial charge in [-0.3, -0.25) is 0 Å². The summed E-state index contributed by atoms with van der Waals surface area (Å²) in [5.41, 5.74) is 9.19. The Kier molecular flexibility index (Phi) is 3.69. The highest BCUT2D eigenvalue weighted by atomic mass is 35.5. The van der Waals surface area contributed by atoms with Crippen LogP contribution in [0.5, 0.6) is 0 Å². The Morgan fingerprint density at radius 3 is 2.86 bits per heavy atom. The molecule has 2 heterocycles. The SMILES string of the molecule is CC(C)n1c(C(N)Cc2cnc[nH]2)nc2cccc(Cl)c21. The van der Waals surface area contributed by atoms with E-state index in [1.165, 1.54) is 0 Å². The molecule has 0 saturated heterocycles. The van der Waals surface area contributed by atoms with Gasteiger partial charge < -0.3 is 15.3 Å². The number of nitrogens with one attached hydrogen (secondary N) is 1. The Balaban J connectivity index is 2.09. The minimum atomic E-state index is -0.212. The number of fused-ring (bicyclic) bond motifs is 1. The van der Waals surface area contributed by atoms with Gasteiger partial charge in [0.15, 0.2) is 0 Å². The van der Waals surface area contributed by atoms with E-state index in [9.17, 15) is 0 Å². The van der Waals surface area contributed by atoms with E-state index in [4.69, 9.17) is 22.3 Å². The Morgan fingerprint density at radius 1 is 1.38 bits per heavy atom. The highest BCUT2D eigenvalue weighted by molar-refractivity contribution is 6.35. The van der Waals surface area contributed by atoms with Gasteiger partial charge in [-0.05, 0) is 26.0 Å². The first-order valence-electron chi connectivity index (χ1n) is 6.97. The number of hydrogen-bond donors (Lipinski definition) is 2. The van der Waals surface area contributed by atoms with Crippen LogP contribution in [-0.2, 0) is 6.42 Å². The normalized spacial score (nSPS) is 13.2. The lowest BCUT2D eigenvalue weighted by Gasteiger charge is -2.17. The number of aromatic nitrogens is 4. The van der Waals surface area contributed by atoms with Gasteiger partial charge in [0, 0.05) is 24.4 Å². The van der Waals surface area contributed by atoms with Gasteiger partial charge in [-0.15, -0.1) is 0 Å². The van der Waals surface area contributed by atoms with Gasteiger partial charge in [0.2, 0.25) is 0 Å². The lowest BCUT2D eigenvalue weighted by Crippen LogP contribution is -2.20. The fourth-order valence-corrected chi connectivity index (χ4v) is 2.89. The highest BCUT2D eigenvalue weighted by Crippen LogP contribution is 2.30. The first kappa shape index (κ1) is 14.1. The number of hydrogen-bond acceptors (Lipinski definition) is 3. The molecule has 1 unspecified atom stereocenters. The average molecular weight is 304 g/mol. The third kappa shape index (κ3) is 2.54. The zero-order chi connectivity index (χ0) is 15.0. The molecule has 0 saturated carbocycles. The smallest absolute Gasteiger partial charge is 0.127 e. The number of aromatic amines is 1. The van der Waals surface area contributed by atoms with Crippen LogP contribution < -0.4 is 5.73 Å². The van der Waals surface area contributed by atoms with Crippen molar-refractivity contribution < 1.29 is 0 Å². The minimum absolute atomic E-state index is 0.212. The van der Waals surface area contributed by atoms with Crippen LogP contribution in [0, 0.1) is 0 Å². The number of para-hydroxylation sites is 1. The van der Waals surface area contributed by atoms with Crippen LogP contribution in [0.1, 0.15) is 37.4 Å². The largest absolute Gasteiger partial charge is 0.348 e. The van der Waals surface area contributed by atoms with E-state index in [2.05, 4.69) is 28.4 Å². The van der Waals surface area contributed by atoms with Crippen molar-refractivity contribution in [2.24, 2.45) is 5.73 Å². The summed E-state index contributed by atoms with van der Waals surface area (Å²) in [6.45, 7) is 4.22. The van der Waals surface area contributed by atoms with Gasteiger partial charge in [-0.25, -0.2) is 9.97 Å². The van der Waals surface area contributed by atoms with Crippen molar-refractivity contribution in [3.8, 4) is 0 Å². The molecule has 21 heavy (non-hydrogen) atoms. The second kappa shape index (κ2) is 5.50. The highest BCUT2D eigenvalue weighted by Gasteiger charge is 2.21. The summed E-state index contributed by atoms with van der Waals surface area (Å²) in [4.78, 5) is 11.8. The van der Waals surface area contributed by atoms with E-state index in [1.54, 1.807) is 12.5 Å². The molecule has 0 bridgehead atoms. The molecule has 1 aromatic carbocycles. The molecule has 2 aromatic heterocycles. The van der Waals surface area contributed by atoms with Gasteiger partial charge in [-0.2, -0.15) is 0 Å². The van der Waals surface area contributed by atoms with E-state index < -0.39 is 0 Å². The summed E-state index contributed by atoms with van der Waals surface area (Å²) in [7, 11) is 0. The molecule has 0 radical (unpaired) electrons. The molecule has 0 fully saturated rings. The number of halogens is 1. The van der Waals surface area contributed by atoms with Gasteiger partial charge in [0.25, 0.3) is 0 Å². The molecule has 110 valence electrons. The quantitative estimate of drug-likeness (QED) is 0.777. The third-order valence-electron chi connectivity index (χ3n) is 3.53. The number of nitrogens with two attached hydrogens (primary N) is 1. The standard InChI is InChI=1S/C15H18ClN5/c1-9(2)21-14-11(16)4-3-5-13(14)20-15(21)12(17)6-10-7-18-8-19-10/h3-5,7-9,12H,6,17H2,1-2H3,(H,18,19). The molecule has 6 heteroatoms. The Bertz CT molecular complexity index is 745. The van der Waals surface area contributed by atoms with Crippen LogP contribution >= 0.6 is 11.6 Å². The number of H-pyrrole nitrogens is 1. The first-order chi connectivity index (χ1) is 10.1. The Labute approximate surface area is 128 Å². The minimum Gasteiger partial charge on any atom is -0.348 e. The molecule has 3 rings (SSSR count). The van der Waals surface area contributed by atoms with Crippen LogP contribution in [0.4, 0.5) is 0 Å². The fraction of sp³-hybridized carbons (Fsp3) is 0.333. The summed E-state index contributed by atoms with van der Waals surface area (Å²) in [5.74, 6) is 0.850. The summed E-state index contributed by atoms with van der Waals surface area (Å²) in [5, 5.41) is 0.702. The summed E-state index contributed by atoms with van der Waals surface area (Å²) in [6, 6.07) is 5.78. The van der Waals surface area contributed by atoms with Crippen molar-refractivity contribution >= 4 is 22.6 Å². The van der Waals surface area contributed by atoms with Crippen molar-refractivity contribution in [3.63, 3.8) is 0 Å². The molecule has 5 nitrogen and oxygen atoms in total. The number of rotatable bonds is 4. The predicted molar refractivity (Wildman–Crippen MR) is 84.3 cm³/mol. The zero-order valence-corrected chi connectivity index (χ0v) is 12.8. The molecule has 0 aliphatic carbocycles. The van der Waals surface area contributed by atoms with E-state index in [0.29, 0.717) is 11.4 Å². The molecule has 0 aliphatic heterocycles. The van der Waals surface area contributed by atoms with E-state index >= 15 is 0 Å². The third-order valence-corrected chi connectivity index (χ3v) is 3.84. The lowest BCUT2D eigenvalue weighted by molar-refractivity contribution is 0.538. The van der Waals surface area contributed by atoms with Gasteiger partial charge >= 0.3 is 0 Å². The maximum absolute atomic E-state index is 6.36. The van der Waals surface area contributed by atoms with Gasteiger partial charge in [-0.1, -0.05) is 17.7 Å². The van der Waals surface area contributed by atoms with Crippen LogP contribution in [0.15, 0.2) is 30.7 Å². The van der Waals surface area contributed by atoms with Crippen molar-refractivity contribution in [2.75, 3.05) is 0 Å². The number of nitrogens with zero attached hydrogens (tertiary/aromatic N) is 3.